The molecule has 2 aromatic heterocycles. The number of thiazole rings is 1. The van der Waals surface area contributed by atoms with Gasteiger partial charge < -0.3 is 0 Å². The maximum absolute atomic E-state index is 4.27. The number of benzene rings is 1. The molecule has 0 spiro atoms. The minimum Gasteiger partial charge on any atom is -0.245 e. The summed E-state index contributed by atoms with van der Waals surface area (Å²) < 4.78 is 1.65. The molecule has 0 unspecified atom stereocenters. The highest BCUT2D eigenvalue weighted by Crippen LogP contribution is 2.24. The van der Waals surface area contributed by atoms with E-state index in [4.69, 9.17) is 0 Å². The number of tetrazole rings is 1. The van der Waals surface area contributed by atoms with Crippen LogP contribution >= 0.6 is 11.3 Å². The lowest BCUT2D eigenvalue weighted by Crippen LogP contribution is -1.94. The van der Waals surface area contributed by atoms with Crippen LogP contribution in [0.15, 0.2) is 35.8 Å². The smallest absolute Gasteiger partial charge is 0.181 e. The molecular weight excluding hydrogens is 234 g/mol. The van der Waals surface area contributed by atoms with Gasteiger partial charge in [-0.15, -0.1) is 16.4 Å². The van der Waals surface area contributed by atoms with Crippen LogP contribution < -0.4 is 0 Å². The topological polar surface area (TPSA) is 56.5 Å². The Balaban J connectivity index is 1.99. The van der Waals surface area contributed by atoms with Crippen LogP contribution in [0.2, 0.25) is 0 Å². The van der Waals surface area contributed by atoms with Crippen molar-refractivity contribution in [3.05, 3.63) is 35.8 Å². The first-order chi connectivity index (χ1) is 8.34. The zero-order chi connectivity index (χ0) is 11.7. The molecule has 0 aliphatic carbocycles. The van der Waals surface area contributed by atoms with E-state index in [0.717, 1.165) is 22.0 Å². The fourth-order valence-electron chi connectivity index (χ4n) is 1.60. The quantitative estimate of drug-likeness (QED) is 0.690. The fraction of sp³-hybridized carbons (Fsp3) is 0.0909. The van der Waals surface area contributed by atoms with Crippen molar-refractivity contribution in [3.8, 4) is 22.0 Å². The predicted molar refractivity (Wildman–Crippen MR) is 65.3 cm³/mol. The molecule has 2 heterocycles. The van der Waals surface area contributed by atoms with Gasteiger partial charge in [0.05, 0.1) is 0 Å². The molecule has 0 aliphatic rings. The lowest BCUT2D eigenvalue weighted by molar-refractivity contribution is 0.714. The van der Waals surface area contributed by atoms with Crippen LogP contribution in [0.4, 0.5) is 0 Å². The number of hydrogen-bond donors (Lipinski definition) is 0. The van der Waals surface area contributed by atoms with Crippen LogP contribution in [-0.4, -0.2) is 25.2 Å². The SMILES string of the molecule is Cn1nnnc1-c1ccc(-c2nccs2)cc1. The summed E-state index contributed by atoms with van der Waals surface area (Å²) in [7, 11) is 1.82. The van der Waals surface area contributed by atoms with Crippen LogP contribution in [0.5, 0.6) is 0 Å². The van der Waals surface area contributed by atoms with E-state index in [9.17, 15) is 0 Å². The number of hydrogen-bond acceptors (Lipinski definition) is 5. The lowest BCUT2D eigenvalue weighted by Gasteiger charge is -2.00. The van der Waals surface area contributed by atoms with Crippen LogP contribution in [0.1, 0.15) is 0 Å². The van der Waals surface area contributed by atoms with Gasteiger partial charge in [-0.2, -0.15) is 0 Å². The lowest BCUT2D eigenvalue weighted by atomic mass is 10.1. The van der Waals surface area contributed by atoms with Crippen molar-refractivity contribution >= 4 is 11.3 Å². The van der Waals surface area contributed by atoms with E-state index in [1.54, 1.807) is 22.2 Å². The molecule has 0 saturated heterocycles. The molecule has 0 radical (unpaired) electrons. The average molecular weight is 243 g/mol. The molecule has 0 fully saturated rings. The van der Waals surface area contributed by atoms with E-state index >= 15 is 0 Å². The minimum absolute atomic E-state index is 0.760. The Hall–Kier alpha value is -2.08. The van der Waals surface area contributed by atoms with Crippen molar-refractivity contribution in [2.24, 2.45) is 7.05 Å². The Bertz CT molecular complexity index is 612. The zero-order valence-corrected chi connectivity index (χ0v) is 9.92. The van der Waals surface area contributed by atoms with Crippen molar-refractivity contribution in [3.63, 3.8) is 0 Å². The molecule has 0 N–H and O–H groups in total. The second-order valence-corrected chi connectivity index (χ2v) is 4.44. The first kappa shape index (κ1) is 10.1. The molecular formula is C11H9N5S. The Morgan fingerprint density at radius 1 is 1.12 bits per heavy atom. The largest absolute Gasteiger partial charge is 0.245 e. The van der Waals surface area contributed by atoms with E-state index < -0.39 is 0 Å². The Labute approximate surface area is 102 Å². The molecule has 0 bridgehead atoms. The molecule has 84 valence electrons. The Kier molecular flexibility index (Phi) is 2.41. The number of nitrogens with zero attached hydrogens (tertiary/aromatic N) is 5. The third-order valence-electron chi connectivity index (χ3n) is 2.44. The maximum atomic E-state index is 4.27. The summed E-state index contributed by atoms with van der Waals surface area (Å²) in [4.78, 5) is 4.27. The highest BCUT2D eigenvalue weighted by Gasteiger charge is 2.06. The van der Waals surface area contributed by atoms with E-state index in [-0.39, 0.29) is 0 Å². The van der Waals surface area contributed by atoms with Gasteiger partial charge in [0.2, 0.25) is 0 Å². The summed E-state index contributed by atoms with van der Waals surface area (Å²) in [5.41, 5.74) is 2.11. The van der Waals surface area contributed by atoms with Gasteiger partial charge in [0, 0.05) is 29.8 Å². The van der Waals surface area contributed by atoms with E-state index in [1.165, 1.54) is 0 Å². The van der Waals surface area contributed by atoms with Gasteiger partial charge in [-0.05, 0) is 10.4 Å². The average Bonchev–Trinajstić information content (AvgIpc) is 3.00. The number of aryl methyl sites for hydroxylation is 1. The predicted octanol–water partition coefficient (Wildman–Crippen LogP) is 2.00. The van der Waals surface area contributed by atoms with Crippen molar-refractivity contribution in [2.75, 3.05) is 0 Å². The molecule has 17 heavy (non-hydrogen) atoms. The minimum atomic E-state index is 0.760. The molecule has 3 rings (SSSR count). The Morgan fingerprint density at radius 2 is 1.88 bits per heavy atom. The third kappa shape index (κ3) is 1.83. The molecule has 5 nitrogen and oxygen atoms in total. The number of aromatic nitrogens is 5. The molecule has 0 aliphatic heterocycles. The summed E-state index contributed by atoms with van der Waals surface area (Å²) in [6.07, 6.45) is 1.81. The van der Waals surface area contributed by atoms with Crippen molar-refractivity contribution in [1.29, 1.82) is 0 Å². The van der Waals surface area contributed by atoms with Gasteiger partial charge in [0.1, 0.15) is 5.01 Å². The van der Waals surface area contributed by atoms with Gasteiger partial charge in [-0.1, -0.05) is 24.3 Å². The van der Waals surface area contributed by atoms with Crippen LogP contribution in [0.3, 0.4) is 0 Å². The van der Waals surface area contributed by atoms with E-state index in [0.29, 0.717) is 0 Å². The van der Waals surface area contributed by atoms with Crippen molar-refractivity contribution in [2.45, 2.75) is 0 Å². The monoisotopic (exact) mass is 243 g/mol. The highest BCUT2D eigenvalue weighted by atomic mass is 32.1. The Morgan fingerprint density at radius 3 is 2.47 bits per heavy atom. The van der Waals surface area contributed by atoms with Crippen LogP contribution in [0, 0.1) is 0 Å². The molecule has 6 heteroatoms. The summed E-state index contributed by atoms with van der Waals surface area (Å²) >= 11 is 1.63. The second kappa shape index (κ2) is 4.06. The van der Waals surface area contributed by atoms with Gasteiger partial charge in [-0.3, -0.25) is 0 Å². The molecule has 0 atom stereocenters. The number of rotatable bonds is 2. The highest BCUT2D eigenvalue weighted by molar-refractivity contribution is 7.13. The third-order valence-corrected chi connectivity index (χ3v) is 3.26. The first-order valence-electron chi connectivity index (χ1n) is 5.07. The zero-order valence-electron chi connectivity index (χ0n) is 9.11. The molecule has 1 aromatic carbocycles. The normalized spacial score (nSPS) is 10.6. The summed E-state index contributed by atoms with van der Waals surface area (Å²) in [6, 6.07) is 8.07. The summed E-state index contributed by atoms with van der Waals surface area (Å²) in [5.74, 6) is 0.760. The van der Waals surface area contributed by atoms with Crippen LogP contribution in [-0.2, 0) is 7.05 Å². The maximum Gasteiger partial charge on any atom is 0.181 e. The molecule has 3 aromatic rings. The van der Waals surface area contributed by atoms with Gasteiger partial charge in [0.25, 0.3) is 0 Å². The van der Waals surface area contributed by atoms with Gasteiger partial charge >= 0.3 is 0 Å². The first-order valence-corrected chi connectivity index (χ1v) is 5.95. The van der Waals surface area contributed by atoms with E-state index in [1.807, 2.05) is 36.7 Å². The van der Waals surface area contributed by atoms with E-state index in [2.05, 4.69) is 20.5 Å². The van der Waals surface area contributed by atoms with Gasteiger partial charge in [-0.25, -0.2) is 9.67 Å². The second-order valence-electron chi connectivity index (χ2n) is 3.54. The van der Waals surface area contributed by atoms with Crippen molar-refractivity contribution in [1.82, 2.24) is 25.2 Å². The standard InChI is InChI=1S/C11H9N5S/c1-16-10(13-14-15-16)8-2-4-9(5-3-8)11-12-6-7-17-11/h2-7H,1H3. The fourth-order valence-corrected chi connectivity index (χ4v) is 2.25. The van der Waals surface area contributed by atoms with Crippen molar-refractivity contribution < 1.29 is 0 Å². The summed E-state index contributed by atoms with van der Waals surface area (Å²) in [5, 5.41) is 14.4. The summed E-state index contributed by atoms with van der Waals surface area (Å²) in [6.45, 7) is 0. The molecule has 0 amide bonds. The van der Waals surface area contributed by atoms with Gasteiger partial charge in [0.15, 0.2) is 5.82 Å². The molecule has 0 saturated carbocycles. The van der Waals surface area contributed by atoms with Crippen LogP contribution in [0.25, 0.3) is 22.0 Å².